The lowest BCUT2D eigenvalue weighted by atomic mass is 10.3. The average Bonchev–Trinajstić information content (AvgIpc) is 2.63. The van der Waals surface area contributed by atoms with Gasteiger partial charge in [0.2, 0.25) is 0 Å². The van der Waals surface area contributed by atoms with Crippen LogP contribution >= 0.6 is 15.9 Å². The number of hydrogen-bond acceptors (Lipinski definition) is 3. The minimum Gasteiger partial charge on any atom is -0.486 e. The molecule has 0 aliphatic carbocycles. The summed E-state index contributed by atoms with van der Waals surface area (Å²) in [7, 11) is 0. The Kier molecular flexibility index (Phi) is 2.91. The van der Waals surface area contributed by atoms with Crippen LogP contribution in [0.3, 0.4) is 0 Å². The summed E-state index contributed by atoms with van der Waals surface area (Å²) in [6, 6.07) is 9.42. The second-order valence-corrected chi connectivity index (χ2v) is 3.89. The molecule has 1 heterocycles. The van der Waals surface area contributed by atoms with Gasteiger partial charge in [-0.25, -0.2) is 0 Å². The summed E-state index contributed by atoms with van der Waals surface area (Å²) in [6.07, 6.45) is 0. The van der Waals surface area contributed by atoms with E-state index in [1.54, 1.807) is 6.07 Å². The predicted molar refractivity (Wildman–Crippen MR) is 61.5 cm³/mol. The molecule has 0 amide bonds. The number of nitrogens with zero attached hydrogens (tertiary/aromatic N) is 1. The van der Waals surface area contributed by atoms with Gasteiger partial charge in [-0.1, -0.05) is 12.1 Å². The van der Waals surface area contributed by atoms with Crippen molar-refractivity contribution in [3.63, 3.8) is 0 Å². The van der Waals surface area contributed by atoms with Crippen molar-refractivity contribution in [1.82, 2.24) is 10.2 Å². The maximum Gasteiger partial charge on any atom is 0.145 e. The van der Waals surface area contributed by atoms with E-state index in [0.29, 0.717) is 12.4 Å². The van der Waals surface area contributed by atoms with E-state index in [1.807, 2.05) is 24.3 Å². The lowest BCUT2D eigenvalue weighted by Crippen LogP contribution is -1.96. The average molecular weight is 268 g/mol. The number of nitrogen functional groups attached to an aromatic ring is 1. The van der Waals surface area contributed by atoms with Crippen LogP contribution in [0, 0.1) is 0 Å². The van der Waals surface area contributed by atoms with Crippen LogP contribution in [0.25, 0.3) is 0 Å². The van der Waals surface area contributed by atoms with Crippen molar-refractivity contribution in [1.29, 1.82) is 0 Å². The number of aromatic nitrogens is 2. The quantitative estimate of drug-likeness (QED) is 0.897. The zero-order chi connectivity index (χ0) is 10.7. The minimum atomic E-state index is 0.423. The van der Waals surface area contributed by atoms with Crippen molar-refractivity contribution in [2.75, 3.05) is 5.73 Å². The first-order valence-corrected chi connectivity index (χ1v) is 5.22. The number of H-pyrrole nitrogens is 1. The molecule has 2 aromatic rings. The highest BCUT2D eigenvalue weighted by Crippen LogP contribution is 2.24. The lowest BCUT2D eigenvalue weighted by molar-refractivity contribution is 0.299. The molecule has 0 fully saturated rings. The largest absolute Gasteiger partial charge is 0.486 e. The van der Waals surface area contributed by atoms with Gasteiger partial charge in [-0.2, -0.15) is 5.10 Å². The molecule has 0 saturated heterocycles. The highest BCUT2D eigenvalue weighted by molar-refractivity contribution is 9.10. The van der Waals surface area contributed by atoms with E-state index in [1.165, 1.54) is 0 Å². The summed E-state index contributed by atoms with van der Waals surface area (Å²) in [5.74, 6) is 1.27. The van der Waals surface area contributed by atoms with Crippen molar-refractivity contribution in [2.24, 2.45) is 0 Å². The number of nitrogens with one attached hydrogen (secondary N) is 1. The summed E-state index contributed by atoms with van der Waals surface area (Å²) >= 11 is 3.40. The van der Waals surface area contributed by atoms with Crippen LogP contribution in [-0.2, 0) is 6.61 Å². The highest BCUT2D eigenvalue weighted by Gasteiger charge is 2.01. The van der Waals surface area contributed by atoms with Gasteiger partial charge in [0.1, 0.15) is 18.2 Å². The van der Waals surface area contributed by atoms with E-state index in [2.05, 4.69) is 26.1 Å². The molecule has 3 N–H and O–H groups in total. The van der Waals surface area contributed by atoms with E-state index in [9.17, 15) is 0 Å². The topological polar surface area (TPSA) is 63.9 Å². The van der Waals surface area contributed by atoms with Gasteiger partial charge in [0.25, 0.3) is 0 Å². The first-order valence-electron chi connectivity index (χ1n) is 4.43. The van der Waals surface area contributed by atoms with Crippen LogP contribution in [-0.4, -0.2) is 10.2 Å². The molecule has 0 atom stereocenters. The number of benzene rings is 1. The second-order valence-electron chi connectivity index (χ2n) is 3.04. The number of para-hydroxylation sites is 1. The van der Waals surface area contributed by atoms with Crippen molar-refractivity contribution >= 4 is 21.7 Å². The van der Waals surface area contributed by atoms with Gasteiger partial charge in [0.05, 0.1) is 10.2 Å². The molecule has 2 rings (SSSR count). The van der Waals surface area contributed by atoms with Gasteiger partial charge in [-0.3, -0.25) is 5.10 Å². The first kappa shape index (κ1) is 10.0. The standard InChI is InChI=1S/C10H10BrN3O/c11-8-3-1-2-4-9(8)15-6-7-5-10(12)14-13-7/h1-5H,6H2,(H3,12,13,14). The Morgan fingerprint density at radius 1 is 1.40 bits per heavy atom. The fraction of sp³-hybridized carbons (Fsp3) is 0.100. The van der Waals surface area contributed by atoms with E-state index >= 15 is 0 Å². The molecule has 0 bridgehead atoms. The van der Waals surface area contributed by atoms with Crippen molar-refractivity contribution in [2.45, 2.75) is 6.61 Å². The summed E-state index contributed by atoms with van der Waals surface area (Å²) in [4.78, 5) is 0. The highest BCUT2D eigenvalue weighted by atomic mass is 79.9. The van der Waals surface area contributed by atoms with Crippen molar-refractivity contribution in [3.8, 4) is 5.75 Å². The molecule has 0 aliphatic heterocycles. The van der Waals surface area contributed by atoms with Crippen LogP contribution in [0.15, 0.2) is 34.8 Å². The number of aromatic amines is 1. The Bertz CT molecular complexity index is 455. The zero-order valence-corrected chi connectivity index (χ0v) is 9.49. The first-order chi connectivity index (χ1) is 7.25. The number of rotatable bonds is 3. The van der Waals surface area contributed by atoms with Gasteiger partial charge in [-0.05, 0) is 28.1 Å². The summed E-state index contributed by atoms with van der Waals surface area (Å²) in [5.41, 5.74) is 6.32. The smallest absolute Gasteiger partial charge is 0.145 e. The number of hydrogen-bond donors (Lipinski definition) is 2. The SMILES string of the molecule is Nc1cc(COc2ccccc2Br)[nH]n1. The molecule has 0 saturated carbocycles. The van der Waals surface area contributed by atoms with Gasteiger partial charge >= 0.3 is 0 Å². The fourth-order valence-electron chi connectivity index (χ4n) is 1.17. The predicted octanol–water partition coefficient (Wildman–Crippen LogP) is 2.33. The Balaban J connectivity index is 2.02. The maximum absolute atomic E-state index is 5.56. The summed E-state index contributed by atoms with van der Waals surface area (Å²) < 4.78 is 6.49. The summed E-state index contributed by atoms with van der Waals surface area (Å²) in [6.45, 7) is 0.423. The van der Waals surface area contributed by atoms with Gasteiger partial charge in [0.15, 0.2) is 0 Å². The van der Waals surface area contributed by atoms with Gasteiger partial charge in [0, 0.05) is 6.07 Å². The van der Waals surface area contributed by atoms with E-state index in [-0.39, 0.29) is 0 Å². The number of nitrogens with two attached hydrogens (primary N) is 1. The molecule has 5 heteroatoms. The van der Waals surface area contributed by atoms with Crippen molar-refractivity contribution in [3.05, 3.63) is 40.5 Å². The van der Waals surface area contributed by atoms with Crippen LogP contribution < -0.4 is 10.5 Å². The molecule has 78 valence electrons. The van der Waals surface area contributed by atoms with E-state index in [4.69, 9.17) is 10.5 Å². The second kappa shape index (κ2) is 4.35. The molecule has 0 aliphatic rings. The Morgan fingerprint density at radius 2 is 2.20 bits per heavy atom. The lowest BCUT2D eigenvalue weighted by Gasteiger charge is -2.05. The zero-order valence-electron chi connectivity index (χ0n) is 7.90. The number of ether oxygens (including phenoxy) is 1. The molecule has 0 unspecified atom stereocenters. The molecule has 0 radical (unpaired) electrons. The molecule has 1 aromatic heterocycles. The maximum atomic E-state index is 5.56. The van der Waals surface area contributed by atoms with Crippen LogP contribution in [0.1, 0.15) is 5.69 Å². The van der Waals surface area contributed by atoms with Crippen molar-refractivity contribution < 1.29 is 4.74 Å². The molecular formula is C10H10BrN3O. The fourth-order valence-corrected chi connectivity index (χ4v) is 1.57. The molecule has 4 nitrogen and oxygen atoms in total. The molecular weight excluding hydrogens is 258 g/mol. The van der Waals surface area contributed by atoms with Gasteiger partial charge in [-0.15, -0.1) is 0 Å². The third-order valence-corrected chi connectivity index (χ3v) is 2.53. The third kappa shape index (κ3) is 2.50. The number of anilines is 1. The van der Waals surface area contributed by atoms with E-state index < -0.39 is 0 Å². The van der Waals surface area contributed by atoms with Crippen LogP contribution in [0.2, 0.25) is 0 Å². The van der Waals surface area contributed by atoms with Gasteiger partial charge < -0.3 is 10.5 Å². The van der Waals surface area contributed by atoms with Crippen LogP contribution in [0.5, 0.6) is 5.75 Å². The Morgan fingerprint density at radius 3 is 2.87 bits per heavy atom. The summed E-state index contributed by atoms with van der Waals surface area (Å²) in [5, 5.41) is 6.59. The Labute approximate surface area is 95.6 Å². The Hall–Kier alpha value is -1.49. The normalized spacial score (nSPS) is 10.2. The minimum absolute atomic E-state index is 0.423. The molecule has 15 heavy (non-hydrogen) atoms. The molecule has 1 aromatic carbocycles. The third-order valence-electron chi connectivity index (χ3n) is 1.87. The van der Waals surface area contributed by atoms with E-state index in [0.717, 1.165) is 15.9 Å². The van der Waals surface area contributed by atoms with Crippen LogP contribution in [0.4, 0.5) is 5.82 Å². The number of halogens is 1. The monoisotopic (exact) mass is 267 g/mol. The molecule has 0 spiro atoms.